The van der Waals surface area contributed by atoms with Crippen LogP contribution in [0.1, 0.15) is 328 Å². The Morgan fingerprint density at radius 3 is 0.978 bits per heavy atom. The Bertz CT molecular complexity index is 1950. The Kier molecular flexibility index (Phi) is 68.3. The lowest BCUT2D eigenvalue weighted by Crippen LogP contribution is -2.45. The monoisotopic (exact) mass is 1290 g/mol. The molecule has 0 aromatic carbocycles. The quantitative estimate of drug-likeness (QED) is 0.0272. The van der Waals surface area contributed by atoms with E-state index in [0.717, 1.165) is 128 Å². The summed E-state index contributed by atoms with van der Waals surface area (Å²) in [6.45, 7) is 4.55. The number of nitrogens with one attached hydrogen (secondary N) is 1. The van der Waals surface area contributed by atoms with E-state index in [2.05, 4.69) is 141 Å². The number of unbranched alkanes of at least 4 members (excludes halogenated alkanes) is 36. The molecule has 3 atom stereocenters. The summed E-state index contributed by atoms with van der Waals surface area (Å²) >= 11 is 0. The maximum absolute atomic E-state index is 13.1. The lowest BCUT2D eigenvalue weighted by Gasteiger charge is -2.29. The van der Waals surface area contributed by atoms with Crippen molar-refractivity contribution >= 4 is 13.7 Å². The highest BCUT2D eigenvalue weighted by Gasteiger charge is 2.23. The minimum atomic E-state index is -4.62. The number of hydrogen-bond donors (Lipinski definition) is 2. The first-order chi connectivity index (χ1) is 44.5. The van der Waals surface area contributed by atoms with E-state index in [1.807, 2.05) is 27.2 Å². The van der Waals surface area contributed by atoms with Gasteiger partial charge < -0.3 is 28.8 Å². The van der Waals surface area contributed by atoms with Crippen LogP contribution >= 0.6 is 7.82 Å². The molecule has 8 nitrogen and oxygen atoms in total. The molecule has 3 unspecified atom stereocenters. The topological polar surface area (TPSA) is 108 Å². The van der Waals surface area contributed by atoms with Gasteiger partial charge in [0.15, 0.2) is 0 Å². The van der Waals surface area contributed by atoms with Gasteiger partial charge in [-0.05, 0) is 96.3 Å². The summed E-state index contributed by atoms with van der Waals surface area (Å²) in [5.41, 5.74) is 0. The van der Waals surface area contributed by atoms with Crippen LogP contribution in [0.15, 0.2) is 134 Å². The maximum atomic E-state index is 13.1. The Morgan fingerprint density at radius 2 is 0.670 bits per heavy atom. The minimum Gasteiger partial charge on any atom is -0.756 e. The molecule has 0 aliphatic carbocycles. The van der Waals surface area contributed by atoms with Crippen molar-refractivity contribution in [2.24, 2.45) is 0 Å². The van der Waals surface area contributed by atoms with E-state index in [9.17, 15) is 19.4 Å². The number of nitrogens with zero attached hydrogens (tertiary/aromatic N) is 1. The van der Waals surface area contributed by atoms with Gasteiger partial charge in [0.2, 0.25) is 5.91 Å². The van der Waals surface area contributed by atoms with Crippen molar-refractivity contribution in [3.63, 3.8) is 0 Å². The SMILES string of the molecule is CC/C=C\C/C=C\C/C=C\C/C=C\C/C=C\C/C=C\C/C=C\C/C=C\C/C=C\C/C=C\CCCCCCCCC(=O)NC(COP(=O)([O-])OCC[N+](C)(C)C)C(O)/C=C/CCCCCCCCCCCCCCCCCCCCCCCCCCCCCCCC. The Hall–Kier alpha value is -3.36. The number of likely N-dealkylation sites (N-methyl/N-ethyl adjacent to an activating group) is 1. The molecule has 0 saturated carbocycles. The van der Waals surface area contributed by atoms with Gasteiger partial charge >= 0.3 is 0 Å². The van der Waals surface area contributed by atoms with Crippen molar-refractivity contribution < 1.29 is 32.9 Å². The molecule has 9 heteroatoms. The van der Waals surface area contributed by atoms with E-state index in [4.69, 9.17) is 9.05 Å². The smallest absolute Gasteiger partial charge is 0.268 e. The molecule has 0 fully saturated rings. The number of phosphoric acid groups is 1. The number of quaternary nitrogens is 1. The van der Waals surface area contributed by atoms with Crippen LogP contribution in [0.3, 0.4) is 0 Å². The van der Waals surface area contributed by atoms with Crippen LogP contribution < -0.4 is 10.2 Å². The summed E-state index contributed by atoms with van der Waals surface area (Å²) in [6.07, 6.45) is 107. The minimum absolute atomic E-state index is 0.0103. The molecule has 0 aromatic heterocycles. The molecule has 0 aliphatic heterocycles. The third-order valence-corrected chi connectivity index (χ3v) is 17.6. The zero-order chi connectivity index (χ0) is 66.2. The molecule has 1 amide bonds. The van der Waals surface area contributed by atoms with Crippen molar-refractivity contribution in [2.75, 3.05) is 40.9 Å². The van der Waals surface area contributed by atoms with Gasteiger partial charge in [-0.2, -0.15) is 0 Å². The summed E-state index contributed by atoms with van der Waals surface area (Å²) in [4.78, 5) is 25.7. The normalized spacial score (nSPS) is 14.3. The molecular formula is C82H145N2O6P. The van der Waals surface area contributed by atoms with Gasteiger partial charge in [-0.25, -0.2) is 0 Å². The van der Waals surface area contributed by atoms with Crippen LogP contribution in [0.4, 0.5) is 0 Å². The molecule has 0 saturated heterocycles. The largest absolute Gasteiger partial charge is 0.756 e. The maximum Gasteiger partial charge on any atom is 0.268 e. The van der Waals surface area contributed by atoms with Crippen molar-refractivity contribution in [3.05, 3.63) is 134 Å². The van der Waals surface area contributed by atoms with E-state index in [1.54, 1.807) is 6.08 Å². The van der Waals surface area contributed by atoms with E-state index >= 15 is 0 Å². The summed E-state index contributed by atoms with van der Waals surface area (Å²) in [6, 6.07) is -0.907. The van der Waals surface area contributed by atoms with Gasteiger partial charge in [0, 0.05) is 6.42 Å². The highest BCUT2D eigenvalue weighted by atomic mass is 31.2. The molecule has 0 bridgehead atoms. The number of aliphatic hydroxyl groups excluding tert-OH is 1. The second-order valence-electron chi connectivity index (χ2n) is 26.6. The zero-order valence-electron chi connectivity index (χ0n) is 60.0. The number of aliphatic hydroxyl groups is 1. The number of hydrogen-bond acceptors (Lipinski definition) is 6. The molecule has 0 spiro atoms. The molecule has 0 rings (SSSR count). The first-order valence-electron chi connectivity index (χ1n) is 38.0. The van der Waals surface area contributed by atoms with Crippen molar-refractivity contribution in [1.82, 2.24) is 5.32 Å². The van der Waals surface area contributed by atoms with Crippen molar-refractivity contribution in [1.29, 1.82) is 0 Å². The number of allylic oxidation sites excluding steroid dienone is 21. The van der Waals surface area contributed by atoms with Crippen LogP contribution in [0.2, 0.25) is 0 Å². The number of carbonyl (C=O) groups excluding carboxylic acids is 1. The highest BCUT2D eigenvalue weighted by molar-refractivity contribution is 7.45. The predicted molar refractivity (Wildman–Crippen MR) is 398 cm³/mol. The standard InChI is InChI=1S/C82H145N2O6P/c1-6-8-10-12-14-16-18-20-22-24-26-28-30-32-34-36-38-40-41-42-43-44-46-48-50-52-54-56-58-60-62-64-66-68-70-72-74-76-82(86)83-80(79-90-91(87,88)89-78-77-84(3,4)5)81(85)75-73-71-69-67-65-63-61-59-57-55-53-51-49-47-45-39-37-35-33-31-29-27-25-23-21-19-17-15-13-11-9-7-2/h8,10,14,16,20,22,26,28,32,34,38,40,42-43,46,48,52,54,58,60,73,75,80-81,85H,6-7,9,11-13,15,17-19,21,23-25,27,29-31,33,35-37,39,41,44-45,47,49-51,53,55-57,59,61-72,74,76-79H2,1-5H3,(H-,83,86,87,88)/b10-8-,16-14-,22-20-,28-26-,34-32-,40-38-,43-42-,48-46-,54-52-,60-58-,75-73+. The van der Waals surface area contributed by atoms with Crippen LogP contribution in [-0.4, -0.2) is 68.5 Å². The third kappa shape index (κ3) is 73.9. The zero-order valence-corrected chi connectivity index (χ0v) is 60.9. The van der Waals surface area contributed by atoms with Crippen LogP contribution in [0.25, 0.3) is 0 Å². The Balaban J connectivity index is 4.13. The molecule has 91 heavy (non-hydrogen) atoms. The molecule has 0 heterocycles. The van der Waals surface area contributed by atoms with Crippen LogP contribution in [0, 0.1) is 0 Å². The number of phosphoric ester groups is 1. The fourth-order valence-corrected chi connectivity index (χ4v) is 11.5. The van der Waals surface area contributed by atoms with E-state index in [-0.39, 0.29) is 12.5 Å². The van der Waals surface area contributed by atoms with Gasteiger partial charge in [-0.1, -0.05) is 359 Å². The average molecular weight is 1290 g/mol. The Morgan fingerprint density at radius 1 is 0.396 bits per heavy atom. The highest BCUT2D eigenvalue weighted by Crippen LogP contribution is 2.38. The second-order valence-corrected chi connectivity index (χ2v) is 28.0. The summed E-state index contributed by atoms with van der Waals surface area (Å²) < 4.78 is 23.5. The number of rotatable bonds is 69. The van der Waals surface area contributed by atoms with Crippen molar-refractivity contribution in [2.45, 2.75) is 341 Å². The molecule has 2 N–H and O–H groups in total. The summed E-state index contributed by atoms with van der Waals surface area (Å²) in [5.74, 6) is -0.213. The average Bonchev–Trinajstić information content (AvgIpc) is 3.42. The van der Waals surface area contributed by atoms with Crippen LogP contribution in [0.5, 0.6) is 0 Å². The van der Waals surface area contributed by atoms with Gasteiger partial charge in [-0.15, -0.1) is 0 Å². The lowest BCUT2D eigenvalue weighted by molar-refractivity contribution is -0.870. The number of amides is 1. The summed E-state index contributed by atoms with van der Waals surface area (Å²) in [5, 5.41) is 14.0. The fraction of sp³-hybridized carbons (Fsp3) is 0.720. The molecule has 0 aliphatic rings. The molecule has 0 radical (unpaired) electrons. The third-order valence-electron chi connectivity index (χ3n) is 16.6. The van der Waals surface area contributed by atoms with E-state index in [0.29, 0.717) is 17.4 Å². The first kappa shape index (κ1) is 87.6. The lowest BCUT2D eigenvalue weighted by atomic mass is 10.0. The number of carbonyl (C=O) groups is 1. The van der Waals surface area contributed by atoms with E-state index in [1.165, 1.54) is 180 Å². The molecule has 524 valence electrons. The van der Waals surface area contributed by atoms with E-state index < -0.39 is 26.6 Å². The predicted octanol–water partition coefficient (Wildman–Crippen LogP) is 24.3. The van der Waals surface area contributed by atoms with Gasteiger partial charge in [-0.3, -0.25) is 9.36 Å². The Labute approximate surface area is 564 Å². The van der Waals surface area contributed by atoms with Crippen molar-refractivity contribution in [3.8, 4) is 0 Å². The van der Waals surface area contributed by atoms with Gasteiger partial charge in [0.25, 0.3) is 7.82 Å². The van der Waals surface area contributed by atoms with Gasteiger partial charge in [0.05, 0.1) is 39.9 Å². The fourth-order valence-electron chi connectivity index (χ4n) is 10.8. The second kappa shape index (κ2) is 70.9. The molecule has 0 aromatic rings. The molecular weight excluding hydrogens is 1140 g/mol. The van der Waals surface area contributed by atoms with Gasteiger partial charge in [0.1, 0.15) is 13.2 Å². The van der Waals surface area contributed by atoms with Crippen LogP contribution in [-0.2, 0) is 18.4 Å². The summed E-state index contributed by atoms with van der Waals surface area (Å²) in [7, 11) is 1.24. The first-order valence-corrected chi connectivity index (χ1v) is 39.5.